The Balaban J connectivity index is 1.83. The lowest BCUT2D eigenvalue weighted by Gasteiger charge is -2.11. The van der Waals surface area contributed by atoms with E-state index in [-0.39, 0.29) is 12.6 Å². The second-order valence-corrected chi connectivity index (χ2v) is 5.95. The van der Waals surface area contributed by atoms with Crippen molar-refractivity contribution in [1.82, 2.24) is 0 Å². The van der Waals surface area contributed by atoms with Crippen LogP contribution in [0, 0.1) is 11.3 Å². The number of fused-ring (bicyclic) bond motifs is 1. The van der Waals surface area contributed by atoms with Gasteiger partial charge in [0.05, 0.1) is 15.7 Å². The Labute approximate surface area is 142 Å². The normalized spacial score (nSPS) is 11.9. The summed E-state index contributed by atoms with van der Waals surface area (Å²) in [7, 11) is 0. The van der Waals surface area contributed by atoms with Crippen LogP contribution >= 0.6 is 15.9 Å². The van der Waals surface area contributed by atoms with Gasteiger partial charge in [-0.15, -0.1) is 0 Å². The van der Waals surface area contributed by atoms with Gasteiger partial charge >= 0.3 is 0 Å². The number of halogens is 1. The molecule has 0 unspecified atom stereocenters. The Kier molecular flexibility index (Phi) is 4.22. The number of nitrogens with one attached hydrogen (secondary N) is 1. The van der Waals surface area contributed by atoms with Gasteiger partial charge in [-0.2, -0.15) is 5.26 Å². The maximum atomic E-state index is 11.5. The van der Waals surface area contributed by atoms with Gasteiger partial charge in [0, 0.05) is 12.1 Å². The van der Waals surface area contributed by atoms with Crippen LogP contribution in [-0.4, -0.2) is 12.6 Å². The number of Topliss-reactive ketones (excluding diaryl/α,β-unsaturated/α-hetero) is 1. The van der Waals surface area contributed by atoms with Crippen molar-refractivity contribution >= 4 is 27.4 Å². The van der Waals surface area contributed by atoms with Crippen LogP contribution in [0.4, 0.5) is 5.69 Å². The molecule has 0 spiro atoms. The summed E-state index contributed by atoms with van der Waals surface area (Å²) in [5.74, 6) is 1.35. The lowest BCUT2D eigenvalue weighted by Crippen LogP contribution is -2.03. The highest BCUT2D eigenvalue weighted by Gasteiger charge is 2.18. The second-order valence-electron chi connectivity index (χ2n) is 5.09. The van der Waals surface area contributed by atoms with Crippen molar-refractivity contribution in [3.05, 3.63) is 51.5 Å². The number of anilines is 1. The fourth-order valence-electron chi connectivity index (χ4n) is 2.33. The number of hydrogen-bond donors (Lipinski definition) is 1. The van der Waals surface area contributed by atoms with E-state index in [4.69, 9.17) is 9.47 Å². The van der Waals surface area contributed by atoms with Crippen LogP contribution in [-0.2, 0) is 6.54 Å². The topological polar surface area (TPSA) is 71.4 Å². The minimum atomic E-state index is -0.0386. The van der Waals surface area contributed by atoms with E-state index in [1.54, 1.807) is 18.2 Å². The maximum Gasteiger partial charge on any atom is 0.231 e. The molecule has 1 aliphatic rings. The van der Waals surface area contributed by atoms with Gasteiger partial charge in [0.25, 0.3) is 0 Å². The Bertz CT molecular complexity index is 827. The summed E-state index contributed by atoms with van der Waals surface area (Å²) in [4.78, 5) is 11.5. The van der Waals surface area contributed by atoms with E-state index in [9.17, 15) is 10.1 Å². The smallest absolute Gasteiger partial charge is 0.231 e. The minimum absolute atomic E-state index is 0.0386. The standard InChI is InChI=1S/C17H13BrN2O3/c1-10(21)12-2-3-13(7-19)15(6-12)20-8-11-4-14(18)17-16(5-11)22-9-23-17/h2-6,20H,8-9H2,1H3. The van der Waals surface area contributed by atoms with E-state index in [0.29, 0.717) is 34.9 Å². The molecule has 1 aliphatic heterocycles. The third kappa shape index (κ3) is 3.15. The molecule has 0 amide bonds. The summed E-state index contributed by atoms with van der Waals surface area (Å²) in [6, 6.07) is 10.9. The van der Waals surface area contributed by atoms with Crippen molar-refractivity contribution in [3.8, 4) is 17.6 Å². The predicted molar refractivity (Wildman–Crippen MR) is 88.8 cm³/mol. The molecule has 0 atom stereocenters. The molecule has 23 heavy (non-hydrogen) atoms. The molecule has 2 aromatic rings. The number of benzene rings is 2. The third-order valence-electron chi connectivity index (χ3n) is 3.52. The Morgan fingerprint density at radius 3 is 2.91 bits per heavy atom. The minimum Gasteiger partial charge on any atom is -0.454 e. The van der Waals surface area contributed by atoms with Crippen molar-refractivity contribution in [2.75, 3.05) is 12.1 Å². The maximum absolute atomic E-state index is 11.5. The largest absolute Gasteiger partial charge is 0.454 e. The number of carbonyl (C=O) groups excluding carboxylic acids is 1. The van der Waals surface area contributed by atoms with Gasteiger partial charge in [0.1, 0.15) is 6.07 Å². The van der Waals surface area contributed by atoms with Crippen LogP contribution < -0.4 is 14.8 Å². The summed E-state index contributed by atoms with van der Waals surface area (Å²) in [5, 5.41) is 12.4. The lowest BCUT2D eigenvalue weighted by molar-refractivity contribution is 0.101. The van der Waals surface area contributed by atoms with Gasteiger partial charge in [-0.05, 0) is 58.7 Å². The summed E-state index contributed by atoms with van der Waals surface area (Å²) >= 11 is 3.45. The van der Waals surface area contributed by atoms with Crippen LogP contribution in [0.15, 0.2) is 34.8 Å². The van der Waals surface area contributed by atoms with Crippen molar-refractivity contribution in [3.63, 3.8) is 0 Å². The number of hydrogen-bond acceptors (Lipinski definition) is 5. The van der Waals surface area contributed by atoms with E-state index in [1.165, 1.54) is 6.92 Å². The zero-order valence-electron chi connectivity index (χ0n) is 12.4. The number of rotatable bonds is 4. The molecule has 0 saturated carbocycles. The molecular weight excluding hydrogens is 360 g/mol. The highest BCUT2D eigenvalue weighted by atomic mass is 79.9. The van der Waals surface area contributed by atoms with E-state index in [0.717, 1.165) is 10.0 Å². The predicted octanol–water partition coefficient (Wildman–Crippen LogP) is 3.86. The fourth-order valence-corrected chi connectivity index (χ4v) is 2.93. The molecule has 116 valence electrons. The van der Waals surface area contributed by atoms with Gasteiger partial charge in [-0.25, -0.2) is 0 Å². The average Bonchev–Trinajstić information content (AvgIpc) is 3.01. The molecule has 0 aromatic heterocycles. The molecule has 5 nitrogen and oxygen atoms in total. The van der Waals surface area contributed by atoms with Crippen LogP contribution in [0.1, 0.15) is 28.4 Å². The number of ketones is 1. The second kappa shape index (κ2) is 6.31. The first kappa shape index (κ1) is 15.4. The van der Waals surface area contributed by atoms with Crippen LogP contribution in [0.3, 0.4) is 0 Å². The zero-order valence-corrected chi connectivity index (χ0v) is 13.9. The lowest BCUT2D eigenvalue weighted by atomic mass is 10.1. The number of ether oxygens (including phenoxy) is 2. The molecule has 0 bridgehead atoms. The molecule has 0 radical (unpaired) electrons. The molecule has 1 N–H and O–H groups in total. The summed E-state index contributed by atoms with van der Waals surface area (Å²) in [6.45, 7) is 2.20. The van der Waals surface area contributed by atoms with Crippen molar-refractivity contribution in [2.45, 2.75) is 13.5 Å². The molecule has 6 heteroatoms. The third-order valence-corrected chi connectivity index (χ3v) is 4.11. The summed E-state index contributed by atoms with van der Waals surface area (Å²) in [6.07, 6.45) is 0. The van der Waals surface area contributed by atoms with Crippen LogP contribution in [0.25, 0.3) is 0 Å². The monoisotopic (exact) mass is 372 g/mol. The number of nitriles is 1. The Morgan fingerprint density at radius 2 is 2.17 bits per heavy atom. The van der Waals surface area contributed by atoms with Crippen molar-refractivity contribution in [1.29, 1.82) is 5.26 Å². The van der Waals surface area contributed by atoms with Gasteiger partial charge in [0.2, 0.25) is 6.79 Å². The molecule has 0 fully saturated rings. The fraction of sp³-hybridized carbons (Fsp3) is 0.176. The first-order chi connectivity index (χ1) is 11.1. The van der Waals surface area contributed by atoms with E-state index in [2.05, 4.69) is 27.3 Å². The molecule has 3 rings (SSSR count). The summed E-state index contributed by atoms with van der Waals surface area (Å²) in [5.41, 5.74) is 2.67. The van der Waals surface area contributed by atoms with Gasteiger partial charge in [0.15, 0.2) is 17.3 Å². The highest BCUT2D eigenvalue weighted by Crippen LogP contribution is 2.40. The van der Waals surface area contributed by atoms with E-state index in [1.807, 2.05) is 12.1 Å². The quantitative estimate of drug-likeness (QED) is 0.824. The molecule has 2 aromatic carbocycles. The molecule has 0 aliphatic carbocycles. The number of nitrogens with zero attached hydrogens (tertiary/aromatic N) is 1. The Morgan fingerprint density at radius 1 is 1.35 bits per heavy atom. The van der Waals surface area contributed by atoms with E-state index >= 15 is 0 Å². The van der Waals surface area contributed by atoms with Crippen molar-refractivity contribution < 1.29 is 14.3 Å². The molecular formula is C17H13BrN2O3. The van der Waals surface area contributed by atoms with Gasteiger partial charge in [-0.1, -0.05) is 0 Å². The van der Waals surface area contributed by atoms with Crippen LogP contribution in [0.2, 0.25) is 0 Å². The van der Waals surface area contributed by atoms with Crippen LogP contribution in [0.5, 0.6) is 11.5 Å². The first-order valence-corrected chi connectivity index (χ1v) is 7.75. The number of carbonyl (C=O) groups is 1. The first-order valence-electron chi connectivity index (χ1n) is 6.95. The average molecular weight is 373 g/mol. The highest BCUT2D eigenvalue weighted by molar-refractivity contribution is 9.10. The van der Waals surface area contributed by atoms with Crippen molar-refractivity contribution in [2.24, 2.45) is 0 Å². The molecule has 1 heterocycles. The van der Waals surface area contributed by atoms with Gasteiger partial charge in [-0.3, -0.25) is 4.79 Å². The molecule has 0 saturated heterocycles. The van der Waals surface area contributed by atoms with E-state index < -0.39 is 0 Å². The summed E-state index contributed by atoms with van der Waals surface area (Å²) < 4.78 is 11.6. The zero-order chi connectivity index (χ0) is 16.4. The Hall–Kier alpha value is -2.52. The SMILES string of the molecule is CC(=O)c1ccc(C#N)c(NCc2cc(Br)c3c(c2)OCO3)c1. The van der Waals surface area contributed by atoms with Gasteiger partial charge < -0.3 is 14.8 Å².